The van der Waals surface area contributed by atoms with Gasteiger partial charge >= 0.3 is 0 Å². The quantitative estimate of drug-likeness (QED) is 0.314. The molecule has 32 heavy (non-hydrogen) atoms. The number of nitrogens with zero attached hydrogens (tertiary/aromatic N) is 3. The Labute approximate surface area is 199 Å². The van der Waals surface area contributed by atoms with Crippen LogP contribution in [0, 0.1) is 13.8 Å². The molecule has 1 atom stereocenters. The molecule has 0 saturated carbocycles. The summed E-state index contributed by atoms with van der Waals surface area (Å²) in [6.07, 6.45) is 4.35. The van der Waals surface area contributed by atoms with Crippen LogP contribution < -0.4 is 4.90 Å². The Kier molecular flexibility index (Phi) is 5.88. The normalized spacial score (nSPS) is 16.6. The third-order valence-corrected chi connectivity index (χ3v) is 7.58. The molecule has 0 N–H and O–H groups in total. The van der Waals surface area contributed by atoms with Crippen LogP contribution in [-0.4, -0.2) is 22.6 Å². The summed E-state index contributed by atoms with van der Waals surface area (Å²) in [4.78, 5) is 7.38. The molecule has 1 aliphatic rings. The molecule has 3 heterocycles. The predicted octanol–water partition coefficient (Wildman–Crippen LogP) is 7.39. The Hall–Kier alpha value is -2.49. The van der Waals surface area contributed by atoms with Gasteiger partial charge in [-0.1, -0.05) is 59.6 Å². The third-order valence-electron chi connectivity index (χ3n) is 6.84. The zero-order chi connectivity index (χ0) is 22.2. The second kappa shape index (κ2) is 8.80. The highest BCUT2D eigenvalue weighted by Crippen LogP contribution is 2.36. The van der Waals surface area contributed by atoms with E-state index in [0.29, 0.717) is 16.0 Å². The van der Waals surface area contributed by atoms with Crippen molar-refractivity contribution in [1.82, 2.24) is 9.55 Å². The van der Waals surface area contributed by atoms with Crippen molar-refractivity contribution >= 4 is 39.9 Å². The van der Waals surface area contributed by atoms with Crippen LogP contribution in [-0.2, 0) is 6.54 Å². The minimum atomic E-state index is 0.530. The highest BCUT2D eigenvalue weighted by molar-refractivity contribution is 6.42. The molecule has 3 nitrogen and oxygen atoms in total. The topological polar surface area (TPSA) is 21.1 Å². The number of halogens is 2. The lowest BCUT2D eigenvalue weighted by Gasteiger charge is -2.34. The van der Waals surface area contributed by atoms with E-state index in [1.165, 1.54) is 40.6 Å². The molecular formula is C27H27Cl2N3. The van der Waals surface area contributed by atoms with E-state index in [1.807, 2.05) is 18.3 Å². The summed E-state index contributed by atoms with van der Waals surface area (Å²) in [6.45, 7) is 7.16. The van der Waals surface area contributed by atoms with Crippen molar-refractivity contribution < 1.29 is 0 Å². The summed E-state index contributed by atoms with van der Waals surface area (Å²) in [5.74, 6) is 1.61. The fourth-order valence-electron chi connectivity index (χ4n) is 4.99. The first-order valence-corrected chi connectivity index (χ1v) is 12.0. The summed E-state index contributed by atoms with van der Waals surface area (Å²) in [6, 6.07) is 18.9. The van der Waals surface area contributed by atoms with E-state index in [0.717, 1.165) is 31.0 Å². The van der Waals surface area contributed by atoms with Crippen LogP contribution in [0.3, 0.4) is 0 Å². The fraction of sp³-hybridized carbons (Fsp3) is 0.296. The van der Waals surface area contributed by atoms with Gasteiger partial charge in [0.25, 0.3) is 0 Å². The lowest BCUT2D eigenvalue weighted by Crippen LogP contribution is -2.35. The molecule has 5 heteroatoms. The van der Waals surface area contributed by atoms with Gasteiger partial charge in [0.1, 0.15) is 0 Å². The second-order valence-electron chi connectivity index (χ2n) is 8.77. The largest absolute Gasteiger partial charge is 0.354 e. The van der Waals surface area contributed by atoms with Crippen molar-refractivity contribution in [2.75, 3.05) is 18.0 Å². The first-order chi connectivity index (χ1) is 15.5. The van der Waals surface area contributed by atoms with Gasteiger partial charge in [-0.15, -0.1) is 0 Å². The summed E-state index contributed by atoms with van der Waals surface area (Å²) in [5, 5.41) is 2.45. The highest BCUT2D eigenvalue weighted by Gasteiger charge is 2.25. The molecule has 1 aliphatic heterocycles. The maximum Gasteiger partial charge on any atom is 0.153 e. The van der Waals surface area contributed by atoms with E-state index in [-0.39, 0.29) is 0 Å². The predicted molar refractivity (Wildman–Crippen MR) is 135 cm³/mol. The molecule has 5 rings (SSSR count). The van der Waals surface area contributed by atoms with Gasteiger partial charge in [-0.3, -0.25) is 0 Å². The Morgan fingerprint density at radius 1 is 1.00 bits per heavy atom. The van der Waals surface area contributed by atoms with Gasteiger partial charge in [0, 0.05) is 42.8 Å². The van der Waals surface area contributed by atoms with Crippen molar-refractivity contribution in [3.63, 3.8) is 0 Å². The maximum absolute atomic E-state index is 6.31. The number of hydrogen-bond donors (Lipinski definition) is 0. The summed E-state index contributed by atoms with van der Waals surface area (Å²) < 4.78 is 2.39. The van der Waals surface area contributed by atoms with Gasteiger partial charge in [-0.05, 0) is 61.6 Å². The zero-order valence-corrected chi connectivity index (χ0v) is 20.0. The zero-order valence-electron chi connectivity index (χ0n) is 18.5. The smallest absolute Gasteiger partial charge is 0.153 e. The number of aryl methyl sites for hydroxylation is 1. The molecule has 1 saturated heterocycles. The van der Waals surface area contributed by atoms with E-state index in [2.05, 4.69) is 65.8 Å². The number of piperidine rings is 1. The van der Waals surface area contributed by atoms with Gasteiger partial charge in [0.05, 0.1) is 15.6 Å². The molecule has 0 bridgehead atoms. The second-order valence-corrected chi connectivity index (χ2v) is 9.59. The molecule has 164 valence electrons. The fourth-order valence-corrected chi connectivity index (χ4v) is 5.31. The first kappa shape index (κ1) is 21.4. The average molecular weight is 464 g/mol. The van der Waals surface area contributed by atoms with Crippen molar-refractivity contribution in [3.8, 4) is 0 Å². The van der Waals surface area contributed by atoms with Crippen LogP contribution in [0.15, 0.2) is 60.8 Å². The molecule has 4 aromatic rings. The third kappa shape index (κ3) is 3.89. The van der Waals surface area contributed by atoms with Crippen molar-refractivity contribution in [1.29, 1.82) is 0 Å². The van der Waals surface area contributed by atoms with E-state index in [4.69, 9.17) is 28.2 Å². The number of rotatable bonds is 4. The molecule has 1 unspecified atom stereocenters. The summed E-state index contributed by atoms with van der Waals surface area (Å²) in [5.41, 5.74) is 6.33. The Morgan fingerprint density at radius 3 is 2.59 bits per heavy atom. The van der Waals surface area contributed by atoms with Gasteiger partial charge in [0.2, 0.25) is 0 Å². The Balaban J connectivity index is 1.56. The van der Waals surface area contributed by atoms with E-state index in [9.17, 15) is 0 Å². The van der Waals surface area contributed by atoms with E-state index >= 15 is 0 Å². The monoisotopic (exact) mass is 463 g/mol. The van der Waals surface area contributed by atoms with Crippen molar-refractivity contribution in [3.05, 3.63) is 93.2 Å². The molecule has 2 aromatic carbocycles. The Bertz CT molecular complexity index is 1260. The van der Waals surface area contributed by atoms with Crippen LogP contribution in [0.2, 0.25) is 10.0 Å². The molecule has 2 aromatic heterocycles. The average Bonchev–Trinajstić information content (AvgIpc) is 3.07. The number of benzene rings is 2. The van der Waals surface area contributed by atoms with Gasteiger partial charge in [0.15, 0.2) is 5.82 Å². The maximum atomic E-state index is 6.31. The van der Waals surface area contributed by atoms with Crippen LogP contribution in [0.4, 0.5) is 5.82 Å². The Morgan fingerprint density at radius 2 is 1.81 bits per heavy atom. The van der Waals surface area contributed by atoms with E-state index in [1.54, 1.807) is 0 Å². The highest BCUT2D eigenvalue weighted by atomic mass is 35.5. The SMILES string of the molecule is Cc1c(C)n(Cc2ccc(Cl)c(Cl)c2)c2c(N3CCCC(c4ccccc4)C3)nccc12. The molecule has 0 aliphatic carbocycles. The van der Waals surface area contributed by atoms with Crippen LogP contribution in [0.5, 0.6) is 0 Å². The minimum Gasteiger partial charge on any atom is -0.354 e. The lowest BCUT2D eigenvalue weighted by molar-refractivity contribution is 0.507. The number of anilines is 1. The van der Waals surface area contributed by atoms with Crippen molar-refractivity contribution in [2.45, 2.75) is 39.2 Å². The lowest BCUT2D eigenvalue weighted by atomic mass is 9.90. The number of pyridine rings is 1. The van der Waals surface area contributed by atoms with Crippen molar-refractivity contribution in [2.24, 2.45) is 0 Å². The molecule has 0 radical (unpaired) electrons. The number of fused-ring (bicyclic) bond motifs is 1. The summed E-state index contributed by atoms with van der Waals surface area (Å²) >= 11 is 12.5. The van der Waals surface area contributed by atoms with Gasteiger partial charge in [-0.2, -0.15) is 0 Å². The van der Waals surface area contributed by atoms with Crippen LogP contribution in [0.25, 0.3) is 10.9 Å². The van der Waals surface area contributed by atoms with Gasteiger partial charge < -0.3 is 9.47 Å². The number of aromatic nitrogens is 2. The standard InChI is InChI=1S/C27H27Cl2N3/c1-18-19(2)32(16-20-10-11-24(28)25(29)15-20)26-23(18)12-13-30-27(26)31-14-6-9-22(17-31)21-7-4-3-5-8-21/h3-5,7-8,10-13,15,22H,6,9,14,16-17H2,1-2H3. The molecule has 1 fully saturated rings. The first-order valence-electron chi connectivity index (χ1n) is 11.2. The molecule has 0 amide bonds. The minimum absolute atomic E-state index is 0.530. The van der Waals surface area contributed by atoms with Crippen LogP contribution >= 0.6 is 23.2 Å². The van der Waals surface area contributed by atoms with E-state index < -0.39 is 0 Å². The number of hydrogen-bond acceptors (Lipinski definition) is 2. The van der Waals surface area contributed by atoms with Gasteiger partial charge in [-0.25, -0.2) is 4.98 Å². The summed E-state index contributed by atoms with van der Waals surface area (Å²) in [7, 11) is 0. The van der Waals surface area contributed by atoms with Crippen LogP contribution in [0.1, 0.15) is 41.1 Å². The molecular weight excluding hydrogens is 437 g/mol. The molecule has 0 spiro atoms.